The molecule has 0 aliphatic carbocycles. The molecule has 2 aliphatic rings. The van der Waals surface area contributed by atoms with Crippen molar-refractivity contribution in [3.63, 3.8) is 0 Å². The molecule has 2 aromatic heterocycles. The van der Waals surface area contributed by atoms with Gasteiger partial charge in [-0.05, 0) is 18.6 Å². The molecule has 7 heteroatoms. The van der Waals surface area contributed by atoms with Gasteiger partial charge in [-0.1, -0.05) is 6.07 Å². The summed E-state index contributed by atoms with van der Waals surface area (Å²) in [6.07, 6.45) is 2.57. The smallest absolute Gasteiger partial charge is 0.273 e. The number of carbonyl (C=O) groups excluding carboxylic acids is 2. The number of carbonyl (C=O) groups is 2. The van der Waals surface area contributed by atoms with E-state index in [9.17, 15) is 9.59 Å². The zero-order chi connectivity index (χ0) is 15.9. The fraction of sp³-hybridized carbons (Fsp3) is 0.375. The Morgan fingerprint density at radius 2 is 1.83 bits per heavy atom. The van der Waals surface area contributed by atoms with E-state index in [1.165, 1.54) is 11.3 Å². The molecule has 4 heterocycles. The maximum Gasteiger partial charge on any atom is 0.273 e. The van der Waals surface area contributed by atoms with Crippen molar-refractivity contribution >= 4 is 23.2 Å². The zero-order valence-corrected chi connectivity index (χ0v) is 13.3. The van der Waals surface area contributed by atoms with E-state index in [0.29, 0.717) is 31.0 Å². The van der Waals surface area contributed by atoms with Crippen molar-refractivity contribution < 1.29 is 9.59 Å². The number of hydrogen-bond acceptors (Lipinski definition) is 5. The van der Waals surface area contributed by atoms with E-state index in [2.05, 4.69) is 9.97 Å². The Morgan fingerprint density at radius 3 is 2.52 bits per heavy atom. The van der Waals surface area contributed by atoms with Crippen LogP contribution in [0.4, 0.5) is 0 Å². The van der Waals surface area contributed by atoms with Gasteiger partial charge in [-0.2, -0.15) is 0 Å². The summed E-state index contributed by atoms with van der Waals surface area (Å²) < 4.78 is 0. The van der Waals surface area contributed by atoms with Crippen LogP contribution >= 0.6 is 11.3 Å². The molecule has 2 saturated heterocycles. The molecule has 2 aliphatic heterocycles. The van der Waals surface area contributed by atoms with Crippen LogP contribution in [0, 0.1) is 5.41 Å². The van der Waals surface area contributed by atoms with Crippen LogP contribution in [0.2, 0.25) is 0 Å². The highest BCUT2D eigenvalue weighted by Crippen LogP contribution is 2.40. The molecule has 6 nitrogen and oxygen atoms in total. The van der Waals surface area contributed by atoms with E-state index in [4.69, 9.17) is 0 Å². The van der Waals surface area contributed by atoms with Crippen molar-refractivity contribution in [1.29, 1.82) is 0 Å². The van der Waals surface area contributed by atoms with Crippen LogP contribution in [0.25, 0.3) is 0 Å². The number of likely N-dealkylation sites (tertiary alicyclic amines) is 2. The molecule has 1 spiro atoms. The second kappa shape index (κ2) is 5.42. The third-order valence-corrected chi connectivity index (χ3v) is 5.19. The van der Waals surface area contributed by atoms with Crippen LogP contribution in [-0.4, -0.2) is 57.8 Å². The lowest BCUT2D eigenvalue weighted by molar-refractivity contribution is 0.0105. The van der Waals surface area contributed by atoms with Crippen molar-refractivity contribution in [2.24, 2.45) is 5.41 Å². The van der Waals surface area contributed by atoms with Crippen molar-refractivity contribution in [3.05, 3.63) is 46.7 Å². The van der Waals surface area contributed by atoms with E-state index in [0.717, 1.165) is 13.0 Å². The molecule has 0 atom stereocenters. The largest absolute Gasteiger partial charge is 0.337 e. The summed E-state index contributed by atoms with van der Waals surface area (Å²) in [5, 5.41) is 1.78. The van der Waals surface area contributed by atoms with Crippen LogP contribution < -0.4 is 0 Å². The zero-order valence-electron chi connectivity index (χ0n) is 12.5. The monoisotopic (exact) mass is 328 g/mol. The number of nitrogens with zero attached hydrogens (tertiary/aromatic N) is 4. The first kappa shape index (κ1) is 14.3. The molecular weight excluding hydrogens is 312 g/mol. The molecule has 118 valence electrons. The van der Waals surface area contributed by atoms with Gasteiger partial charge in [0.1, 0.15) is 11.4 Å². The summed E-state index contributed by atoms with van der Waals surface area (Å²) in [6, 6.07) is 5.35. The summed E-state index contributed by atoms with van der Waals surface area (Å²) in [4.78, 5) is 36.6. The Labute approximate surface area is 137 Å². The Balaban J connectivity index is 1.38. The van der Waals surface area contributed by atoms with Gasteiger partial charge in [-0.25, -0.2) is 4.98 Å². The lowest BCUT2D eigenvalue weighted by Gasteiger charge is -2.47. The van der Waals surface area contributed by atoms with Gasteiger partial charge in [-0.15, -0.1) is 11.3 Å². The lowest BCUT2D eigenvalue weighted by atomic mass is 9.79. The molecule has 0 aromatic carbocycles. The summed E-state index contributed by atoms with van der Waals surface area (Å²) in [7, 11) is 0. The summed E-state index contributed by atoms with van der Waals surface area (Å²) >= 11 is 1.43. The van der Waals surface area contributed by atoms with Gasteiger partial charge in [0.05, 0.1) is 5.51 Å². The Kier molecular flexibility index (Phi) is 3.37. The molecule has 0 bridgehead atoms. The SMILES string of the molecule is O=C(c1cscn1)N1CCC2(C1)CN(C(=O)c1ccccn1)C2. The van der Waals surface area contributed by atoms with Crippen LogP contribution in [0.5, 0.6) is 0 Å². The van der Waals surface area contributed by atoms with Gasteiger partial charge in [0.15, 0.2) is 0 Å². The molecule has 0 N–H and O–H groups in total. The second-order valence-electron chi connectivity index (χ2n) is 6.23. The Hall–Kier alpha value is -2.28. The molecule has 0 radical (unpaired) electrons. The van der Waals surface area contributed by atoms with Crippen LogP contribution in [-0.2, 0) is 0 Å². The summed E-state index contributed by atoms with van der Waals surface area (Å²) in [5.41, 5.74) is 2.73. The average Bonchev–Trinajstić information content (AvgIpc) is 3.22. The Bertz CT molecular complexity index is 726. The number of thiazole rings is 1. The summed E-state index contributed by atoms with van der Waals surface area (Å²) in [6.45, 7) is 2.84. The van der Waals surface area contributed by atoms with E-state index in [1.807, 2.05) is 15.9 Å². The molecule has 4 rings (SSSR count). The van der Waals surface area contributed by atoms with E-state index < -0.39 is 0 Å². The molecule has 0 unspecified atom stereocenters. The van der Waals surface area contributed by atoms with Gasteiger partial charge in [-0.3, -0.25) is 14.6 Å². The van der Waals surface area contributed by atoms with E-state index in [1.54, 1.807) is 29.2 Å². The number of pyridine rings is 1. The first-order valence-corrected chi connectivity index (χ1v) is 8.49. The van der Waals surface area contributed by atoms with Gasteiger partial charge < -0.3 is 9.80 Å². The highest BCUT2D eigenvalue weighted by Gasteiger charge is 2.50. The van der Waals surface area contributed by atoms with Gasteiger partial charge >= 0.3 is 0 Å². The van der Waals surface area contributed by atoms with Crippen LogP contribution in [0.3, 0.4) is 0 Å². The summed E-state index contributed by atoms with van der Waals surface area (Å²) in [5.74, 6) is -0.0295. The second-order valence-corrected chi connectivity index (χ2v) is 6.95. The minimum atomic E-state index is -0.0273. The van der Waals surface area contributed by atoms with Gasteiger partial charge in [0.25, 0.3) is 11.8 Å². The van der Waals surface area contributed by atoms with Gasteiger partial charge in [0.2, 0.25) is 0 Å². The lowest BCUT2D eigenvalue weighted by Crippen LogP contribution is -2.59. The van der Waals surface area contributed by atoms with Crippen molar-refractivity contribution in [2.75, 3.05) is 26.2 Å². The van der Waals surface area contributed by atoms with Crippen LogP contribution in [0.15, 0.2) is 35.3 Å². The third-order valence-electron chi connectivity index (χ3n) is 4.60. The van der Waals surface area contributed by atoms with Crippen molar-refractivity contribution in [2.45, 2.75) is 6.42 Å². The van der Waals surface area contributed by atoms with Crippen molar-refractivity contribution in [1.82, 2.24) is 19.8 Å². The van der Waals surface area contributed by atoms with E-state index in [-0.39, 0.29) is 17.2 Å². The first-order chi connectivity index (χ1) is 11.2. The third kappa shape index (κ3) is 2.50. The van der Waals surface area contributed by atoms with E-state index >= 15 is 0 Å². The minimum Gasteiger partial charge on any atom is -0.337 e. The molecule has 0 saturated carbocycles. The number of aromatic nitrogens is 2. The Morgan fingerprint density at radius 1 is 1.04 bits per heavy atom. The highest BCUT2D eigenvalue weighted by molar-refractivity contribution is 7.07. The average molecular weight is 328 g/mol. The normalized spacial score (nSPS) is 19.0. The maximum atomic E-state index is 12.4. The number of amides is 2. The van der Waals surface area contributed by atoms with Crippen molar-refractivity contribution in [3.8, 4) is 0 Å². The number of rotatable bonds is 2. The topological polar surface area (TPSA) is 66.4 Å². The highest BCUT2D eigenvalue weighted by atomic mass is 32.1. The predicted molar refractivity (Wildman–Crippen MR) is 85.2 cm³/mol. The predicted octanol–water partition coefficient (Wildman–Crippen LogP) is 1.53. The first-order valence-electron chi connectivity index (χ1n) is 7.55. The molecule has 2 aromatic rings. The molecule has 2 amide bonds. The fourth-order valence-corrected chi connectivity index (χ4v) is 3.93. The molecule has 2 fully saturated rings. The maximum absolute atomic E-state index is 12.4. The standard InChI is InChI=1S/C16H16N4O2S/c21-14(12-3-1-2-5-17-12)20-9-16(10-20)4-6-19(8-16)15(22)13-7-23-11-18-13/h1-3,5,7,11H,4,6,8-10H2. The minimum absolute atomic E-state index is 0.00220. The van der Waals surface area contributed by atoms with Gasteiger partial charge in [0, 0.05) is 43.2 Å². The van der Waals surface area contributed by atoms with Crippen LogP contribution in [0.1, 0.15) is 27.4 Å². The number of hydrogen-bond donors (Lipinski definition) is 0. The fourth-order valence-electron chi connectivity index (χ4n) is 3.41. The molecular formula is C16H16N4O2S. The molecule has 23 heavy (non-hydrogen) atoms. The quantitative estimate of drug-likeness (QED) is 0.838.